The minimum Gasteiger partial charge on any atom is -0.353 e. The third-order valence-corrected chi connectivity index (χ3v) is 9.23. The van der Waals surface area contributed by atoms with Gasteiger partial charge in [0.15, 0.2) is 0 Å². The number of likely N-dealkylation sites (tertiary alicyclic amines) is 1. The Morgan fingerprint density at radius 2 is 1.69 bits per heavy atom. The number of nitrogens with one attached hydrogen (secondary N) is 1. The number of amides is 2. The Morgan fingerprint density at radius 3 is 2.38 bits per heavy atom. The van der Waals surface area contributed by atoms with Crippen LogP contribution in [0.1, 0.15) is 62.8 Å². The fourth-order valence-electron chi connectivity index (χ4n) is 5.30. The topological polar surface area (TPSA) is 105 Å². The van der Waals surface area contributed by atoms with Gasteiger partial charge in [-0.25, -0.2) is 8.42 Å². The summed E-state index contributed by atoms with van der Waals surface area (Å²) in [4.78, 5) is 27.3. The molecule has 0 spiro atoms. The molecular formula is C22H35N5O4S. The molecule has 3 fully saturated rings. The van der Waals surface area contributed by atoms with Crippen molar-refractivity contribution < 1.29 is 18.0 Å². The third kappa shape index (κ3) is 4.71. The maximum Gasteiger partial charge on any atom is 0.246 e. The number of hydrogen-bond acceptors (Lipinski definition) is 5. The van der Waals surface area contributed by atoms with Crippen molar-refractivity contribution >= 4 is 21.8 Å². The minimum absolute atomic E-state index is 0.0290. The first-order valence-corrected chi connectivity index (χ1v) is 13.3. The molecule has 1 aromatic heterocycles. The largest absolute Gasteiger partial charge is 0.353 e. The van der Waals surface area contributed by atoms with E-state index in [0.717, 1.165) is 51.6 Å². The van der Waals surface area contributed by atoms with Crippen molar-refractivity contribution in [2.75, 3.05) is 26.2 Å². The van der Waals surface area contributed by atoms with Crippen LogP contribution >= 0.6 is 0 Å². The van der Waals surface area contributed by atoms with Crippen molar-refractivity contribution in [3.63, 3.8) is 0 Å². The van der Waals surface area contributed by atoms with E-state index in [-0.39, 0.29) is 41.8 Å². The standard InChI is InChI=1S/C22H35N5O4S/c1-16-21(17(2)27(24-16)15-20(28)25-11-5-6-12-25)32(30,31)26-13-7-8-18(14-26)22(29)23-19-9-3-4-10-19/h18-19H,3-15H2,1-2H3,(H,23,29). The molecule has 3 heterocycles. The molecule has 1 saturated carbocycles. The summed E-state index contributed by atoms with van der Waals surface area (Å²) in [7, 11) is -3.81. The zero-order chi connectivity index (χ0) is 22.9. The highest BCUT2D eigenvalue weighted by Gasteiger charge is 2.37. The van der Waals surface area contributed by atoms with E-state index in [4.69, 9.17) is 0 Å². The van der Waals surface area contributed by atoms with Crippen LogP contribution in [-0.4, -0.2) is 71.4 Å². The van der Waals surface area contributed by atoms with E-state index < -0.39 is 10.0 Å². The number of rotatable bonds is 6. The average Bonchev–Trinajstić information content (AvgIpc) is 3.51. The summed E-state index contributed by atoms with van der Waals surface area (Å²) in [6.07, 6.45) is 7.66. The van der Waals surface area contributed by atoms with Gasteiger partial charge in [0.2, 0.25) is 21.8 Å². The lowest BCUT2D eigenvalue weighted by molar-refractivity contribution is -0.131. The SMILES string of the molecule is Cc1nn(CC(=O)N2CCCC2)c(C)c1S(=O)(=O)N1CCCC(C(=O)NC2CCCC2)C1. The molecule has 3 aliphatic rings. The minimum atomic E-state index is -3.81. The van der Waals surface area contributed by atoms with Crippen LogP contribution in [0.4, 0.5) is 0 Å². The van der Waals surface area contributed by atoms with Gasteiger partial charge in [0.05, 0.1) is 17.3 Å². The number of aryl methyl sites for hydroxylation is 1. The lowest BCUT2D eigenvalue weighted by atomic mass is 9.98. The molecule has 0 aromatic carbocycles. The molecule has 2 aliphatic heterocycles. The van der Waals surface area contributed by atoms with Crippen LogP contribution in [0.25, 0.3) is 0 Å². The molecule has 4 rings (SSSR count). The van der Waals surface area contributed by atoms with Crippen molar-refractivity contribution in [1.29, 1.82) is 0 Å². The lowest BCUT2D eigenvalue weighted by Crippen LogP contribution is -2.47. The summed E-state index contributed by atoms with van der Waals surface area (Å²) in [5.74, 6) is -0.387. The van der Waals surface area contributed by atoms with Crippen LogP contribution in [0, 0.1) is 19.8 Å². The lowest BCUT2D eigenvalue weighted by Gasteiger charge is -2.32. The normalized spacial score (nSPS) is 23.1. The number of sulfonamides is 1. The molecule has 9 nitrogen and oxygen atoms in total. The summed E-state index contributed by atoms with van der Waals surface area (Å²) >= 11 is 0. The first-order chi connectivity index (χ1) is 15.3. The van der Waals surface area contributed by atoms with Crippen LogP contribution in [0.15, 0.2) is 4.90 Å². The highest BCUT2D eigenvalue weighted by atomic mass is 32.2. The number of hydrogen-bond donors (Lipinski definition) is 1. The molecule has 32 heavy (non-hydrogen) atoms. The zero-order valence-electron chi connectivity index (χ0n) is 19.2. The molecule has 1 atom stereocenters. The Bertz CT molecular complexity index is 961. The van der Waals surface area contributed by atoms with Crippen molar-refractivity contribution in [2.45, 2.75) is 82.7 Å². The van der Waals surface area contributed by atoms with Gasteiger partial charge in [-0.15, -0.1) is 0 Å². The van der Waals surface area contributed by atoms with E-state index in [1.54, 1.807) is 13.8 Å². The van der Waals surface area contributed by atoms with E-state index in [9.17, 15) is 18.0 Å². The molecule has 2 amide bonds. The van der Waals surface area contributed by atoms with Crippen molar-refractivity contribution in [2.24, 2.45) is 5.92 Å². The van der Waals surface area contributed by atoms with Gasteiger partial charge in [-0.1, -0.05) is 12.8 Å². The first kappa shape index (κ1) is 23.2. The van der Waals surface area contributed by atoms with Gasteiger partial charge in [-0.2, -0.15) is 9.40 Å². The Balaban J connectivity index is 1.47. The number of piperidine rings is 1. The quantitative estimate of drug-likeness (QED) is 0.687. The maximum absolute atomic E-state index is 13.5. The molecule has 10 heteroatoms. The van der Waals surface area contributed by atoms with Crippen LogP contribution in [-0.2, 0) is 26.2 Å². The Kier molecular flexibility index (Phi) is 6.90. The molecule has 1 unspecified atom stereocenters. The Morgan fingerprint density at radius 1 is 1.00 bits per heavy atom. The number of nitrogens with zero attached hydrogens (tertiary/aromatic N) is 4. The van der Waals surface area contributed by atoms with E-state index in [1.165, 1.54) is 8.99 Å². The molecule has 1 N–H and O–H groups in total. The fraction of sp³-hybridized carbons (Fsp3) is 0.773. The maximum atomic E-state index is 13.5. The molecule has 0 bridgehead atoms. The molecular weight excluding hydrogens is 430 g/mol. The van der Waals surface area contributed by atoms with Gasteiger partial charge in [-0.3, -0.25) is 14.3 Å². The molecule has 1 aromatic rings. The molecule has 1 aliphatic carbocycles. The summed E-state index contributed by atoms with van der Waals surface area (Å²) in [6.45, 7) is 5.52. The summed E-state index contributed by atoms with van der Waals surface area (Å²) < 4.78 is 30.0. The van der Waals surface area contributed by atoms with Gasteiger partial charge < -0.3 is 10.2 Å². The van der Waals surface area contributed by atoms with Crippen molar-refractivity contribution in [1.82, 2.24) is 24.3 Å². The highest BCUT2D eigenvalue weighted by Crippen LogP contribution is 2.28. The van der Waals surface area contributed by atoms with Gasteiger partial charge in [0.25, 0.3) is 0 Å². The van der Waals surface area contributed by atoms with Crippen LogP contribution in [0.3, 0.4) is 0 Å². The van der Waals surface area contributed by atoms with E-state index in [2.05, 4.69) is 10.4 Å². The molecule has 2 saturated heterocycles. The first-order valence-electron chi connectivity index (χ1n) is 11.9. The number of carbonyl (C=O) groups is 2. The second-order valence-electron chi connectivity index (χ2n) is 9.44. The summed E-state index contributed by atoms with van der Waals surface area (Å²) in [5.41, 5.74) is 0.877. The third-order valence-electron chi connectivity index (χ3n) is 7.11. The molecule has 0 radical (unpaired) electrons. The van der Waals surface area contributed by atoms with Gasteiger partial charge in [0, 0.05) is 32.2 Å². The smallest absolute Gasteiger partial charge is 0.246 e. The summed E-state index contributed by atoms with van der Waals surface area (Å²) in [6, 6.07) is 0.227. The number of carbonyl (C=O) groups excluding carboxylic acids is 2. The van der Waals surface area contributed by atoms with Crippen LogP contribution in [0.5, 0.6) is 0 Å². The number of aromatic nitrogens is 2. The van der Waals surface area contributed by atoms with E-state index in [1.807, 2.05) is 4.90 Å². The monoisotopic (exact) mass is 465 g/mol. The predicted molar refractivity (Wildman–Crippen MR) is 119 cm³/mol. The highest BCUT2D eigenvalue weighted by molar-refractivity contribution is 7.89. The average molecular weight is 466 g/mol. The van der Waals surface area contributed by atoms with Gasteiger partial charge in [-0.05, 0) is 52.4 Å². The second-order valence-corrected chi connectivity index (χ2v) is 11.3. The van der Waals surface area contributed by atoms with Crippen LogP contribution in [0.2, 0.25) is 0 Å². The summed E-state index contributed by atoms with van der Waals surface area (Å²) in [5, 5.41) is 7.51. The van der Waals surface area contributed by atoms with E-state index in [0.29, 0.717) is 30.8 Å². The van der Waals surface area contributed by atoms with E-state index >= 15 is 0 Å². The fourth-order valence-corrected chi connectivity index (χ4v) is 7.19. The zero-order valence-corrected chi connectivity index (χ0v) is 20.0. The van der Waals surface area contributed by atoms with Crippen molar-refractivity contribution in [3.8, 4) is 0 Å². The predicted octanol–water partition coefficient (Wildman–Crippen LogP) is 1.58. The molecule has 178 valence electrons. The van der Waals surface area contributed by atoms with Gasteiger partial charge >= 0.3 is 0 Å². The second kappa shape index (κ2) is 9.51. The van der Waals surface area contributed by atoms with Gasteiger partial charge in [0.1, 0.15) is 11.4 Å². The Hall–Kier alpha value is -1.94. The Labute approximate surface area is 190 Å². The van der Waals surface area contributed by atoms with Crippen LogP contribution < -0.4 is 5.32 Å². The van der Waals surface area contributed by atoms with Crippen molar-refractivity contribution in [3.05, 3.63) is 11.4 Å².